The normalized spacial score (nSPS) is 27.9. The molecule has 5 rings (SSSR count). The molecule has 8 heteroatoms. The monoisotopic (exact) mass is 601 g/mol. The Morgan fingerprint density at radius 3 is 2.26 bits per heavy atom. The van der Waals surface area contributed by atoms with Crippen LogP contribution in [-0.2, 0) is 20.9 Å². The predicted octanol–water partition coefficient (Wildman–Crippen LogP) is 4.84. The number of fused-ring (bicyclic) bond motifs is 1. The third kappa shape index (κ3) is 5.33. The minimum atomic E-state index is -0.838. The molecular weight excluding hydrogens is 558 g/mol. The highest BCUT2D eigenvalue weighted by Gasteiger charge is 2.78. The van der Waals surface area contributed by atoms with Gasteiger partial charge in [-0.1, -0.05) is 79.7 Å². The minimum Gasteiger partial charge on any atom is -0.394 e. The van der Waals surface area contributed by atoms with E-state index in [-0.39, 0.29) is 24.3 Å². The van der Waals surface area contributed by atoms with Gasteiger partial charge in [0.2, 0.25) is 17.7 Å². The molecule has 0 aromatic heterocycles. The first-order chi connectivity index (χ1) is 20.8. The lowest BCUT2D eigenvalue weighted by Crippen LogP contribution is -2.55. The Labute approximate surface area is 259 Å². The van der Waals surface area contributed by atoms with E-state index in [1.54, 1.807) is 33.7 Å². The van der Waals surface area contributed by atoms with E-state index in [0.717, 1.165) is 24.0 Å². The molecule has 0 saturated carbocycles. The van der Waals surface area contributed by atoms with Gasteiger partial charge in [-0.25, -0.2) is 0 Å². The molecule has 228 valence electrons. The number of thioether (sulfide) groups is 1. The Hall–Kier alpha value is -3.36. The van der Waals surface area contributed by atoms with Crippen LogP contribution in [0.25, 0.3) is 0 Å². The third-order valence-corrected chi connectivity index (χ3v) is 11.4. The van der Waals surface area contributed by atoms with Crippen LogP contribution in [0, 0.1) is 11.8 Å². The van der Waals surface area contributed by atoms with E-state index in [4.69, 9.17) is 0 Å². The number of rotatable bonds is 13. The second kappa shape index (κ2) is 12.7. The number of amides is 3. The lowest BCUT2D eigenvalue weighted by atomic mass is 9.66. The summed E-state index contributed by atoms with van der Waals surface area (Å²) in [7, 11) is 0. The van der Waals surface area contributed by atoms with Gasteiger partial charge in [0.15, 0.2) is 0 Å². The summed E-state index contributed by atoms with van der Waals surface area (Å²) < 4.78 is -1.26. The summed E-state index contributed by atoms with van der Waals surface area (Å²) in [6.45, 7) is 13.3. The molecule has 2 aromatic rings. The first kappa shape index (κ1) is 31.1. The van der Waals surface area contributed by atoms with Gasteiger partial charge in [0, 0.05) is 30.9 Å². The molecule has 1 spiro atoms. The predicted molar refractivity (Wildman–Crippen MR) is 171 cm³/mol. The first-order valence-corrected chi connectivity index (χ1v) is 16.1. The summed E-state index contributed by atoms with van der Waals surface area (Å²) in [4.78, 5) is 49.2. The van der Waals surface area contributed by atoms with Crippen molar-refractivity contribution in [3.8, 4) is 0 Å². The number of nitrogens with zero attached hydrogens (tertiary/aromatic N) is 3. The van der Waals surface area contributed by atoms with Crippen molar-refractivity contribution in [1.82, 2.24) is 14.7 Å². The van der Waals surface area contributed by atoms with Crippen LogP contribution in [0.15, 0.2) is 86.0 Å². The van der Waals surface area contributed by atoms with Gasteiger partial charge in [-0.15, -0.1) is 24.9 Å². The van der Waals surface area contributed by atoms with Crippen LogP contribution in [0.1, 0.15) is 50.3 Å². The standard InChI is InChI=1S/C35H43N3O4S/c1-5-20-36(21-6-2)31(40)28-29-32(41)38(27(24-39)26-16-12-9-13-17-26)30(35(29)19-18-34(28,4)43-35)33(42)37(22-7-3)23-25-14-10-8-11-15-25/h5,7-17,27-30,39H,1,3,6,18-24H2,2,4H3/t27-,28+,29+,30?,34-,35?/m1/s1. The highest BCUT2D eigenvalue weighted by Crippen LogP contribution is 2.72. The van der Waals surface area contributed by atoms with E-state index >= 15 is 0 Å². The molecule has 3 aliphatic rings. The summed E-state index contributed by atoms with van der Waals surface area (Å²) >= 11 is 1.66. The zero-order valence-corrected chi connectivity index (χ0v) is 26.0. The smallest absolute Gasteiger partial charge is 0.247 e. The van der Waals surface area contributed by atoms with E-state index < -0.39 is 33.4 Å². The summed E-state index contributed by atoms with van der Waals surface area (Å²) in [5.74, 6) is -1.67. The minimum absolute atomic E-state index is 0.0442. The van der Waals surface area contributed by atoms with E-state index in [1.165, 1.54) is 0 Å². The summed E-state index contributed by atoms with van der Waals surface area (Å²) in [5.41, 5.74) is 1.74. The maximum absolute atomic E-state index is 14.9. The van der Waals surface area contributed by atoms with Gasteiger partial charge < -0.3 is 19.8 Å². The van der Waals surface area contributed by atoms with Crippen LogP contribution in [-0.4, -0.2) is 79.3 Å². The van der Waals surface area contributed by atoms with Crippen molar-refractivity contribution in [1.29, 1.82) is 0 Å². The summed E-state index contributed by atoms with van der Waals surface area (Å²) in [5, 5.41) is 10.8. The van der Waals surface area contributed by atoms with Crippen molar-refractivity contribution in [2.24, 2.45) is 11.8 Å². The van der Waals surface area contributed by atoms with Crippen molar-refractivity contribution in [2.75, 3.05) is 26.2 Å². The quantitative estimate of drug-likeness (QED) is 0.333. The van der Waals surface area contributed by atoms with Crippen molar-refractivity contribution < 1.29 is 19.5 Å². The molecule has 3 heterocycles. The van der Waals surface area contributed by atoms with Crippen LogP contribution in [0.4, 0.5) is 0 Å². The number of carbonyl (C=O) groups is 3. The van der Waals surface area contributed by atoms with E-state index in [9.17, 15) is 19.5 Å². The molecule has 2 unspecified atom stereocenters. The fraction of sp³-hybridized carbons (Fsp3) is 0.457. The third-order valence-electron chi connectivity index (χ3n) is 9.44. The maximum Gasteiger partial charge on any atom is 0.247 e. The number of benzene rings is 2. The number of carbonyl (C=O) groups excluding carboxylic acids is 3. The molecule has 1 N–H and O–H groups in total. The lowest BCUT2D eigenvalue weighted by molar-refractivity contribution is -0.148. The Bertz CT molecular complexity index is 1350. The fourth-order valence-electron chi connectivity index (χ4n) is 7.66. The number of likely N-dealkylation sites (tertiary alicyclic amines) is 1. The van der Waals surface area contributed by atoms with Crippen molar-refractivity contribution in [3.63, 3.8) is 0 Å². The summed E-state index contributed by atoms with van der Waals surface area (Å²) in [6, 6.07) is 17.6. The fourth-order valence-corrected chi connectivity index (χ4v) is 9.99. The van der Waals surface area contributed by atoms with Gasteiger partial charge in [0.05, 0.1) is 29.2 Å². The molecule has 0 radical (unpaired) electrons. The van der Waals surface area contributed by atoms with E-state index in [0.29, 0.717) is 32.6 Å². The van der Waals surface area contributed by atoms with Gasteiger partial charge in [0.1, 0.15) is 6.04 Å². The average molecular weight is 602 g/mol. The lowest BCUT2D eigenvalue weighted by Gasteiger charge is -2.39. The zero-order chi connectivity index (χ0) is 30.8. The Kier molecular flexibility index (Phi) is 9.18. The Balaban J connectivity index is 1.63. The number of aliphatic hydroxyl groups excluding tert-OH is 1. The van der Waals surface area contributed by atoms with Gasteiger partial charge >= 0.3 is 0 Å². The van der Waals surface area contributed by atoms with Gasteiger partial charge in [-0.05, 0) is 37.3 Å². The molecular formula is C35H43N3O4S. The van der Waals surface area contributed by atoms with E-state index in [1.807, 2.05) is 72.5 Å². The average Bonchev–Trinajstić information content (AvgIpc) is 3.58. The SMILES string of the molecule is C=CCN(Cc1ccccc1)C(=O)C1N([C@H](CO)c2ccccc2)C(=O)[C@@H]2[C@@H](C(=O)N(CC=C)CCC)[C@@]3(C)CCC12S3. The van der Waals surface area contributed by atoms with Crippen molar-refractivity contribution in [3.05, 3.63) is 97.1 Å². The van der Waals surface area contributed by atoms with Crippen LogP contribution in [0.3, 0.4) is 0 Å². The van der Waals surface area contributed by atoms with Crippen LogP contribution >= 0.6 is 11.8 Å². The molecule has 3 aliphatic heterocycles. The van der Waals surface area contributed by atoms with Gasteiger partial charge in [-0.3, -0.25) is 14.4 Å². The molecule has 0 aliphatic carbocycles. The first-order valence-electron chi connectivity index (χ1n) is 15.3. The number of hydrogen-bond acceptors (Lipinski definition) is 5. The highest BCUT2D eigenvalue weighted by molar-refractivity contribution is 8.02. The molecule has 2 bridgehead atoms. The second-order valence-corrected chi connectivity index (χ2v) is 14.0. The van der Waals surface area contributed by atoms with Crippen molar-refractivity contribution >= 4 is 29.5 Å². The van der Waals surface area contributed by atoms with E-state index in [2.05, 4.69) is 20.1 Å². The highest BCUT2D eigenvalue weighted by atomic mass is 32.2. The molecule has 2 aromatic carbocycles. The number of hydrogen-bond donors (Lipinski definition) is 1. The topological polar surface area (TPSA) is 81.2 Å². The molecule has 3 amide bonds. The summed E-state index contributed by atoms with van der Waals surface area (Å²) in [6.07, 6.45) is 5.62. The largest absolute Gasteiger partial charge is 0.394 e. The van der Waals surface area contributed by atoms with Crippen LogP contribution < -0.4 is 0 Å². The molecule has 43 heavy (non-hydrogen) atoms. The Morgan fingerprint density at radius 1 is 1.02 bits per heavy atom. The number of aliphatic hydroxyl groups is 1. The van der Waals surface area contributed by atoms with Gasteiger partial charge in [-0.2, -0.15) is 0 Å². The van der Waals surface area contributed by atoms with Gasteiger partial charge in [0.25, 0.3) is 0 Å². The molecule has 3 saturated heterocycles. The van der Waals surface area contributed by atoms with Crippen LogP contribution in [0.5, 0.6) is 0 Å². The van der Waals surface area contributed by atoms with Crippen molar-refractivity contribution in [2.45, 2.75) is 61.2 Å². The maximum atomic E-state index is 14.9. The van der Waals surface area contributed by atoms with Crippen LogP contribution in [0.2, 0.25) is 0 Å². The zero-order valence-electron chi connectivity index (χ0n) is 25.2. The Morgan fingerprint density at radius 2 is 1.65 bits per heavy atom. The molecule has 6 atom stereocenters. The molecule has 3 fully saturated rings. The second-order valence-electron chi connectivity index (χ2n) is 12.1. The molecule has 7 nitrogen and oxygen atoms in total.